The predicted octanol–water partition coefficient (Wildman–Crippen LogP) is 1.11. The van der Waals surface area contributed by atoms with Gasteiger partial charge in [-0.15, -0.1) is 0 Å². The van der Waals surface area contributed by atoms with Gasteiger partial charge in [0.25, 0.3) is 0 Å². The zero-order chi connectivity index (χ0) is 13.1. The summed E-state index contributed by atoms with van der Waals surface area (Å²) >= 11 is 0. The fourth-order valence-corrected chi connectivity index (χ4v) is 2.98. The van der Waals surface area contributed by atoms with Gasteiger partial charge >= 0.3 is 0 Å². The first-order chi connectivity index (χ1) is 7.76. The van der Waals surface area contributed by atoms with Crippen LogP contribution in [-0.2, 0) is 14.6 Å². The minimum Gasteiger partial charge on any atom is -0.303 e. The number of hydrogen-bond acceptors (Lipinski definition) is 4. The lowest BCUT2D eigenvalue weighted by Crippen LogP contribution is -2.40. The second-order valence-corrected chi connectivity index (χ2v) is 8.61. The van der Waals surface area contributed by atoms with Crippen LogP contribution < -0.4 is 0 Å². The summed E-state index contributed by atoms with van der Waals surface area (Å²) in [6.45, 7) is 7.47. The van der Waals surface area contributed by atoms with Crippen LogP contribution in [0.4, 0.5) is 0 Å². The summed E-state index contributed by atoms with van der Waals surface area (Å²) < 4.78 is 23.2. The van der Waals surface area contributed by atoms with Gasteiger partial charge in [-0.2, -0.15) is 0 Å². The van der Waals surface area contributed by atoms with E-state index in [-0.39, 0.29) is 11.7 Å². The Balaban J connectivity index is 2.41. The van der Waals surface area contributed by atoms with E-state index >= 15 is 0 Å². The molecule has 0 aromatic rings. The van der Waals surface area contributed by atoms with E-state index in [2.05, 4.69) is 4.90 Å². The minimum absolute atomic E-state index is 0.172. The van der Waals surface area contributed by atoms with Crippen LogP contribution in [0.15, 0.2) is 0 Å². The Hall–Kier alpha value is -0.420. The molecule has 0 aromatic carbocycles. The van der Waals surface area contributed by atoms with Crippen LogP contribution in [0.5, 0.6) is 0 Å². The van der Waals surface area contributed by atoms with Gasteiger partial charge in [-0.05, 0) is 46.7 Å². The molecule has 1 saturated heterocycles. The summed E-state index contributed by atoms with van der Waals surface area (Å²) in [7, 11) is -3.03. The Morgan fingerprint density at radius 2 is 1.76 bits per heavy atom. The maximum atomic E-state index is 11.9. The van der Waals surface area contributed by atoms with Gasteiger partial charge in [0, 0.05) is 12.5 Å². The smallest absolute Gasteiger partial charge is 0.156 e. The molecule has 0 aromatic heterocycles. The molecular formula is C12H23NO3S. The van der Waals surface area contributed by atoms with Gasteiger partial charge in [-0.25, -0.2) is 8.42 Å². The van der Waals surface area contributed by atoms with Gasteiger partial charge in [0.15, 0.2) is 9.84 Å². The van der Waals surface area contributed by atoms with E-state index in [4.69, 9.17) is 0 Å². The summed E-state index contributed by atoms with van der Waals surface area (Å²) in [5, 5.41) is 0. The van der Waals surface area contributed by atoms with Crippen molar-refractivity contribution in [2.24, 2.45) is 5.92 Å². The van der Waals surface area contributed by atoms with Crippen LogP contribution in [0.1, 0.15) is 33.6 Å². The summed E-state index contributed by atoms with van der Waals surface area (Å²) in [6, 6.07) is 0. The van der Waals surface area contributed by atoms with E-state index in [1.54, 1.807) is 20.8 Å². The molecular weight excluding hydrogens is 238 g/mol. The van der Waals surface area contributed by atoms with Crippen LogP contribution in [0, 0.1) is 5.92 Å². The number of nitrogens with zero attached hydrogens (tertiary/aromatic N) is 1. The molecule has 0 atom stereocenters. The van der Waals surface area contributed by atoms with Gasteiger partial charge in [0.2, 0.25) is 0 Å². The summed E-state index contributed by atoms with van der Waals surface area (Å²) in [5.41, 5.74) is 0. The topological polar surface area (TPSA) is 54.5 Å². The molecule has 0 amide bonds. The van der Waals surface area contributed by atoms with Crippen molar-refractivity contribution in [3.63, 3.8) is 0 Å². The monoisotopic (exact) mass is 261 g/mol. The fourth-order valence-electron chi connectivity index (χ4n) is 1.87. The molecule has 1 heterocycles. The second kappa shape index (κ2) is 5.48. The van der Waals surface area contributed by atoms with Crippen LogP contribution in [0.2, 0.25) is 0 Å². The molecule has 1 aliphatic rings. The first kappa shape index (κ1) is 14.6. The van der Waals surface area contributed by atoms with Crippen LogP contribution >= 0.6 is 0 Å². The van der Waals surface area contributed by atoms with Crippen molar-refractivity contribution in [2.45, 2.75) is 38.4 Å². The first-order valence-corrected chi connectivity index (χ1v) is 7.81. The Labute approximate surface area is 104 Å². The molecule has 0 bridgehead atoms. The molecule has 0 N–H and O–H groups in total. The number of sulfone groups is 1. The molecule has 0 unspecified atom stereocenters. The Bertz CT molecular complexity index is 348. The number of rotatable bonds is 4. The van der Waals surface area contributed by atoms with Gasteiger partial charge < -0.3 is 9.69 Å². The zero-order valence-electron chi connectivity index (χ0n) is 11.0. The van der Waals surface area contributed by atoms with Crippen LogP contribution in [-0.4, -0.2) is 49.7 Å². The van der Waals surface area contributed by atoms with Crippen molar-refractivity contribution in [1.82, 2.24) is 4.90 Å². The lowest BCUT2D eigenvalue weighted by atomic mass is 9.99. The van der Waals surface area contributed by atoms with E-state index in [1.807, 2.05) is 0 Å². The highest BCUT2D eigenvalue weighted by atomic mass is 32.2. The largest absolute Gasteiger partial charge is 0.303 e. The van der Waals surface area contributed by atoms with E-state index < -0.39 is 14.6 Å². The number of hydrogen-bond donors (Lipinski definition) is 0. The molecule has 17 heavy (non-hydrogen) atoms. The molecule has 1 fully saturated rings. The van der Waals surface area contributed by atoms with Crippen molar-refractivity contribution >= 4 is 16.1 Å². The third-order valence-corrected chi connectivity index (χ3v) is 6.02. The predicted molar refractivity (Wildman–Crippen MR) is 68.8 cm³/mol. The first-order valence-electron chi connectivity index (χ1n) is 6.16. The highest BCUT2D eigenvalue weighted by Crippen LogP contribution is 2.18. The summed E-state index contributed by atoms with van der Waals surface area (Å²) in [6.07, 6.45) is 2.74. The number of carbonyl (C=O) groups excluding carboxylic acids is 1. The molecule has 4 nitrogen and oxygen atoms in total. The van der Waals surface area contributed by atoms with Crippen molar-refractivity contribution in [3.05, 3.63) is 0 Å². The molecule has 0 radical (unpaired) electrons. The summed E-state index contributed by atoms with van der Waals surface area (Å²) in [5.74, 6) is 0.382. The second-order valence-electron chi connectivity index (χ2n) is 5.75. The average molecular weight is 261 g/mol. The van der Waals surface area contributed by atoms with Gasteiger partial charge in [0.05, 0.1) is 10.5 Å². The molecule has 100 valence electrons. The molecule has 0 spiro atoms. The third-order valence-electron chi connectivity index (χ3n) is 3.43. The van der Waals surface area contributed by atoms with E-state index in [9.17, 15) is 13.2 Å². The van der Waals surface area contributed by atoms with Crippen molar-refractivity contribution in [3.8, 4) is 0 Å². The molecule has 5 heteroatoms. The van der Waals surface area contributed by atoms with E-state index in [0.717, 1.165) is 32.2 Å². The van der Waals surface area contributed by atoms with Gasteiger partial charge in [-0.1, -0.05) is 0 Å². The Kier molecular flexibility index (Phi) is 4.72. The molecule has 0 saturated carbocycles. The average Bonchev–Trinajstić information content (AvgIpc) is 2.25. The van der Waals surface area contributed by atoms with Crippen molar-refractivity contribution in [1.29, 1.82) is 0 Å². The molecule has 1 aliphatic heterocycles. The van der Waals surface area contributed by atoms with Crippen LogP contribution in [0.3, 0.4) is 0 Å². The zero-order valence-corrected chi connectivity index (χ0v) is 11.8. The lowest BCUT2D eigenvalue weighted by molar-refractivity contribution is -0.112. The highest BCUT2D eigenvalue weighted by Gasteiger charge is 2.29. The number of piperidine rings is 1. The van der Waals surface area contributed by atoms with Crippen molar-refractivity contribution < 1.29 is 13.2 Å². The van der Waals surface area contributed by atoms with Crippen LogP contribution in [0.25, 0.3) is 0 Å². The van der Waals surface area contributed by atoms with Gasteiger partial charge in [-0.3, -0.25) is 0 Å². The minimum atomic E-state index is -3.03. The molecule has 1 rings (SSSR count). The maximum absolute atomic E-state index is 11.9. The third kappa shape index (κ3) is 4.07. The normalized spacial score (nSPS) is 20.4. The molecule has 0 aliphatic carbocycles. The lowest BCUT2D eigenvalue weighted by Gasteiger charge is -2.30. The maximum Gasteiger partial charge on any atom is 0.156 e. The quantitative estimate of drug-likeness (QED) is 0.711. The number of carbonyl (C=O) groups is 1. The summed E-state index contributed by atoms with van der Waals surface area (Å²) in [4.78, 5) is 12.7. The van der Waals surface area contributed by atoms with Crippen molar-refractivity contribution in [2.75, 3.05) is 25.4 Å². The van der Waals surface area contributed by atoms with E-state index in [1.165, 1.54) is 0 Å². The Morgan fingerprint density at radius 3 is 2.18 bits per heavy atom. The number of aldehydes is 1. The van der Waals surface area contributed by atoms with Gasteiger partial charge in [0.1, 0.15) is 6.29 Å². The highest BCUT2D eigenvalue weighted by molar-refractivity contribution is 7.92. The Morgan fingerprint density at radius 1 is 1.24 bits per heavy atom. The fraction of sp³-hybridized carbons (Fsp3) is 0.917. The number of likely N-dealkylation sites (tertiary alicyclic amines) is 1. The van der Waals surface area contributed by atoms with E-state index in [0.29, 0.717) is 6.54 Å². The standard InChI is InChI=1S/C12H23NO3S/c1-12(2,3)17(15,16)9-8-13-6-4-11(10-14)5-7-13/h10-11H,4-9H2,1-3H3. The SMILES string of the molecule is CC(C)(C)S(=O)(=O)CCN1CCC(C=O)CC1.